The molecule has 1 fully saturated rings. The van der Waals surface area contributed by atoms with Crippen LogP contribution in [-0.2, 0) is 13.6 Å². The molecule has 0 unspecified atom stereocenters. The summed E-state index contributed by atoms with van der Waals surface area (Å²) in [6.07, 6.45) is 9.89. The van der Waals surface area contributed by atoms with Gasteiger partial charge in [-0.1, -0.05) is 6.07 Å². The molecule has 1 aliphatic rings. The molecule has 0 spiro atoms. The SMILES string of the molecule is Cn1nc(-c2cccs2)cc1C(=O)N1CCCC[C@H]1CCn1ccnc1. The van der Waals surface area contributed by atoms with Crippen LogP contribution in [0.15, 0.2) is 42.3 Å². The van der Waals surface area contributed by atoms with Gasteiger partial charge in [0.15, 0.2) is 0 Å². The van der Waals surface area contributed by atoms with Crippen LogP contribution in [0.1, 0.15) is 36.2 Å². The zero-order valence-corrected chi connectivity index (χ0v) is 15.7. The molecule has 3 aromatic heterocycles. The molecule has 4 rings (SSSR count). The van der Waals surface area contributed by atoms with Crippen molar-refractivity contribution >= 4 is 17.2 Å². The van der Waals surface area contributed by atoms with Crippen LogP contribution in [-0.4, -0.2) is 42.7 Å². The maximum atomic E-state index is 13.2. The van der Waals surface area contributed by atoms with E-state index in [1.54, 1.807) is 22.2 Å². The Morgan fingerprint density at radius 3 is 3.08 bits per heavy atom. The van der Waals surface area contributed by atoms with Crippen LogP contribution in [0.5, 0.6) is 0 Å². The van der Waals surface area contributed by atoms with E-state index >= 15 is 0 Å². The third kappa shape index (κ3) is 3.44. The Hall–Kier alpha value is -2.41. The number of thiophene rings is 1. The first-order valence-corrected chi connectivity index (χ1v) is 9.95. The van der Waals surface area contributed by atoms with E-state index in [1.165, 1.54) is 6.42 Å². The third-order valence-corrected chi connectivity index (χ3v) is 5.93. The number of aromatic nitrogens is 4. The molecule has 3 aromatic rings. The number of hydrogen-bond donors (Lipinski definition) is 0. The molecule has 1 amide bonds. The van der Waals surface area contributed by atoms with Crippen LogP contribution in [0.25, 0.3) is 10.6 Å². The fourth-order valence-electron chi connectivity index (χ4n) is 3.64. The van der Waals surface area contributed by atoms with Crippen molar-refractivity contribution < 1.29 is 4.79 Å². The summed E-state index contributed by atoms with van der Waals surface area (Å²) in [5.41, 5.74) is 1.54. The molecule has 0 bridgehead atoms. The van der Waals surface area contributed by atoms with Crippen LogP contribution in [0.4, 0.5) is 0 Å². The Morgan fingerprint density at radius 2 is 2.31 bits per heavy atom. The van der Waals surface area contributed by atoms with Gasteiger partial charge in [0.25, 0.3) is 5.91 Å². The van der Waals surface area contributed by atoms with E-state index in [0.29, 0.717) is 5.69 Å². The molecule has 1 aliphatic heterocycles. The lowest BCUT2D eigenvalue weighted by Gasteiger charge is -2.36. The number of aryl methyl sites for hydroxylation is 2. The standard InChI is InChI=1S/C19H23N5OS/c1-22-17(13-16(21-22)18-6-4-12-26-18)19(25)24-9-3-2-5-15(24)7-10-23-11-8-20-14-23/h4,6,8,11-15H,2-3,5,7,9-10H2,1H3/t15-/m0/s1. The summed E-state index contributed by atoms with van der Waals surface area (Å²) in [4.78, 5) is 20.5. The van der Waals surface area contributed by atoms with Gasteiger partial charge in [-0.2, -0.15) is 5.10 Å². The van der Waals surface area contributed by atoms with Gasteiger partial charge in [-0.05, 0) is 43.2 Å². The number of amides is 1. The Balaban J connectivity index is 1.51. The molecule has 0 aliphatic carbocycles. The average molecular weight is 369 g/mol. The summed E-state index contributed by atoms with van der Waals surface area (Å²) < 4.78 is 3.80. The number of hydrogen-bond acceptors (Lipinski definition) is 4. The molecule has 136 valence electrons. The predicted molar refractivity (Wildman–Crippen MR) is 102 cm³/mol. The van der Waals surface area contributed by atoms with E-state index in [0.717, 1.165) is 42.9 Å². The van der Waals surface area contributed by atoms with Crippen LogP contribution in [0, 0.1) is 0 Å². The second-order valence-electron chi connectivity index (χ2n) is 6.75. The molecular weight excluding hydrogens is 346 g/mol. The average Bonchev–Trinajstić information content (AvgIpc) is 3.41. The molecule has 0 N–H and O–H groups in total. The Labute approximate surface area is 157 Å². The van der Waals surface area contributed by atoms with Crippen molar-refractivity contribution in [1.82, 2.24) is 24.2 Å². The highest BCUT2D eigenvalue weighted by atomic mass is 32.1. The number of nitrogens with zero attached hydrogens (tertiary/aromatic N) is 5. The van der Waals surface area contributed by atoms with Crippen molar-refractivity contribution in [2.75, 3.05) is 6.54 Å². The lowest BCUT2D eigenvalue weighted by molar-refractivity contribution is 0.0584. The normalized spacial score (nSPS) is 17.6. The van der Waals surface area contributed by atoms with E-state index in [9.17, 15) is 4.79 Å². The topological polar surface area (TPSA) is 56.0 Å². The maximum absolute atomic E-state index is 13.2. The van der Waals surface area contributed by atoms with Crippen LogP contribution in [0.2, 0.25) is 0 Å². The molecule has 6 nitrogen and oxygen atoms in total. The largest absolute Gasteiger partial charge is 0.337 e. The van der Waals surface area contributed by atoms with Gasteiger partial charge in [-0.3, -0.25) is 9.48 Å². The number of carbonyl (C=O) groups is 1. The molecule has 0 radical (unpaired) electrons. The summed E-state index contributed by atoms with van der Waals surface area (Å²) in [5, 5.41) is 6.58. The number of piperidine rings is 1. The van der Waals surface area contributed by atoms with Crippen molar-refractivity contribution in [2.24, 2.45) is 7.05 Å². The minimum absolute atomic E-state index is 0.0955. The summed E-state index contributed by atoms with van der Waals surface area (Å²) in [6, 6.07) is 6.25. The monoisotopic (exact) mass is 369 g/mol. The molecule has 4 heterocycles. The minimum atomic E-state index is 0.0955. The zero-order chi connectivity index (χ0) is 17.9. The molecule has 0 aromatic carbocycles. The molecule has 1 atom stereocenters. The van der Waals surface area contributed by atoms with Gasteiger partial charge in [0.05, 0.1) is 11.2 Å². The fraction of sp³-hybridized carbons (Fsp3) is 0.421. The summed E-state index contributed by atoms with van der Waals surface area (Å²) in [5.74, 6) is 0.0955. The molecule has 0 saturated carbocycles. The smallest absolute Gasteiger partial charge is 0.272 e. The Kier molecular flexibility index (Phi) is 4.88. The highest BCUT2D eigenvalue weighted by Crippen LogP contribution is 2.26. The first kappa shape index (κ1) is 17.0. The number of carbonyl (C=O) groups excluding carboxylic acids is 1. The first-order chi connectivity index (χ1) is 12.7. The quantitative estimate of drug-likeness (QED) is 0.692. The molecule has 7 heteroatoms. The van der Waals surface area contributed by atoms with Crippen molar-refractivity contribution in [3.8, 4) is 10.6 Å². The van der Waals surface area contributed by atoms with E-state index < -0.39 is 0 Å². The van der Waals surface area contributed by atoms with Crippen molar-refractivity contribution in [3.63, 3.8) is 0 Å². The second kappa shape index (κ2) is 7.45. The second-order valence-corrected chi connectivity index (χ2v) is 7.70. The minimum Gasteiger partial charge on any atom is -0.337 e. The number of rotatable bonds is 5. The maximum Gasteiger partial charge on any atom is 0.272 e. The third-order valence-electron chi connectivity index (χ3n) is 5.04. The molecular formula is C19H23N5OS. The van der Waals surface area contributed by atoms with Gasteiger partial charge in [0, 0.05) is 38.6 Å². The van der Waals surface area contributed by atoms with Crippen molar-refractivity contribution in [3.05, 3.63) is 48.0 Å². The van der Waals surface area contributed by atoms with E-state index in [2.05, 4.69) is 19.5 Å². The summed E-state index contributed by atoms with van der Waals surface area (Å²) in [7, 11) is 1.86. The van der Waals surface area contributed by atoms with Crippen LogP contribution >= 0.6 is 11.3 Å². The van der Waals surface area contributed by atoms with Gasteiger partial charge in [0.2, 0.25) is 0 Å². The molecule has 26 heavy (non-hydrogen) atoms. The lowest BCUT2D eigenvalue weighted by atomic mass is 9.98. The first-order valence-electron chi connectivity index (χ1n) is 9.07. The zero-order valence-electron chi connectivity index (χ0n) is 14.9. The Bertz CT molecular complexity index is 853. The summed E-state index contributed by atoms with van der Waals surface area (Å²) >= 11 is 1.64. The van der Waals surface area contributed by atoms with E-state index in [-0.39, 0.29) is 11.9 Å². The summed E-state index contributed by atoms with van der Waals surface area (Å²) in [6.45, 7) is 1.72. The van der Waals surface area contributed by atoms with Crippen LogP contribution < -0.4 is 0 Å². The highest BCUT2D eigenvalue weighted by molar-refractivity contribution is 7.13. The highest BCUT2D eigenvalue weighted by Gasteiger charge is 2.29. The predicted octanol–water partition coefficient (Wildman–Crippen LogP) is 3.43. The van der Waals surface area contributed by atoms with E-state index in [4.69, 9.17) is 0 Å². The van der Waals surface area contributed by atoms with Gasteiger partial charge in [-0.25, -0.2) is 4.98 Å². The number of likely N-dealkylation sites (tertiary alicyclic amines) is 1. The van der Waals surface area contributed by atoms with Gasteiger partial charge in [-0.15, -0.1) is 11.3 Å². The van der Waals surface area contributed by atoms with Crippen molar-refractivity contribution in [1.29, 1.82) is 0 Å². The fourth-order valence-corrected chi connectivity index (χ4v) is 4.33. The van der Waals surface area contributed by atoms with Gasteiger partial charge in [0.1, 0.15) is 11.4 Å². The number of imidazole rings is 1. The van der Waals surface area contributed by atoms with E-state index in [1.807, 2.05) is 43.2 Å². The van der Waals surface area contributed by atoms with Gasteiger partial charge < -0.3 is 9.47 Å². The van der Waals surface area contributed by atoms with Crippen molar-refractivity contribution in [2.45, 2.75) is 38.3 Å². The lowest BCUT2D eigenvalue weighted by Crippen LogP contribution is -2.44. The Morgan fingerprint density at radius 1 is 1.38 bits per heavy atom. The van der Waals surface area contributed by atoms with Crippen LogP contribution in [0.3, 0.4) is 0 Å². The molecule has 1 saturated heterocycles. The van der Waals surface area contributed by atoms with Gasteiger partial charge >= 0.3 is 0 Å².